The Morgan fingerprint density at radius 1 is 1.10 bits per heavy atom. The highest BCUT2D eigenvalue weighted by Gasteiger charge is 2.43. The summed E-state index contributed by atoms with van der Waals surface area (Å²) >= 11 is 7.39. The third-order valence-corrected chi connectivity index (χ3v) is 7.84. The molecule has 39 heavy (non-hydrogen) atoms. The molecule has 0 saturated carbocycles. The van der Waals surface area contributed by atoms with E-state index in [1.807, 2.05) is 0 Å². The van der Waals surface area contributed by atoms with Gasteiger partial charge in [0.1, 0.15) is 5.56 Å². The number of hydrogen-bond donors (Lipinski definition) is 2. The Kier molecular flexibility index (Phi) is 6.95. The lowest BCUT2D eigenvalue weighted by molar-refractivity contribution is -0.186. The molecule has 0 fully saturated rings. The number of carbonyl (C=O) groups excluding carboxylic acids is 2. The number of fused-ring (bicyclic) bond motifs is 2. The van der Waals surface area contributed by atoms with Crippen LogP contribution in [-0.4, -0.2) is 45.9 Å². The molecule has 2 aromatic heterocycles. The Morgan fingerprint density at radius 2 is 1.87 bits per heavy atom. The number of hydrogen-bond acceptors (Lipinski definition) is 6. The number of rotatable bonds is 3. The van der Waals surface area contributed by atoms with Gasteiger partial charge in [-0.3, -0.25) is 9.59 Å². The third-order valence-electron chi connectivity index (χ3n) is 6.33. The van der Waals surface area contributed by atoms with E-state index in [1.54, 1.807) is 0 Å². The monoisotopic (exact) mass is 589 g/mol. The van der Waals surface area contributed by atoms with Crippen molar-refractivity contribution < 1.29 is 35.9 Å². The van der Waals surface area contributed by atoms with Crippen LogP contribution in [0.4, 0.5) is 38.0 Å². The first-order chi connectivity index (χ1) is 18.3. The summed E-state index contributed by atoms with van der Waals surface area (Å²) in [4.78, 5) is 33.4. The fourth-order valence-electron chi connectivity index (χ4n) is 4.45. The van der Waals surface area contributed by atoms with Crippen LogP contribution in [0.5, 0.6) is 0 Å². The van der Waals surface area contributed by atoms with Crippen molar-refractivity contribution in [2.24, 2.45) is 0 Å². The summed E-state index contributed by atoms with van der Waals surface area (Å²) in [6, 6.07) is 4.32. The van der Waals surface area contributed by atoms with Crippen molar-refractivity contribution in [1.82, 2.24) is 20.2 Å². The maximum atomic E-state index is 13.8. The third kappa shape index (κ3) is 5.53. The maximum Gasteiger partial charge on any atom is 0.471 e. The predicted molar refractivity (Wildman–Crippen MR) is 131 cm³/mol. The molecule has 3 aromatic rings. The zero-order chi connectivity index (χ0) is 28.1. The Morgan fingerprint density at radius 3 is 2.59 bits per heavy atom. The molecular weight excluding hydrogens is 572 g/mol. The lowest BCUT2D eigenvalue weighted by atomic mass is 9.99. The molecule has 2 N–H and O–H groups in total. The Balaban J connectivity index is 1.49. The molecule has 2 aliphatic heterocycles. The minimum absolute atomic E-state index is 0.132. The summed E-state index contributed by atoms with van der Waals surface area (Å²) < 4.78 is 80.3. The van der Waals surface area contributed by atoms with Gasteiger partial charge in [0.25, 0.3) is 5.91 Å². The van der Waals surface area contributed by atoms with E-state index in [9.17, 15) is 35.9 Å². The number of nitrogens with zero attached hydrogens (tertiary/aromatic N) is 3. The molecule has 0 atom stereocenters. The zero-order valence-corrected chi connectivity index (χ0v) is 21.3. The van der Waals surface area contributed by atoms with Crippen molar-refractivity contribution in [3.8, 4) is 10.6 Å². The first kappa shape index (κ1) is 27.2. The lowest BCUT2D eigenvalue weighted by Crippen LogP contribution is -2.43. The lowest BCUT2D eigenvalue weighted by Gasteiger charge is -2.30. The zero-order valence-electron chi connectivity index (χ0n) is 19.8. The van der Waals surface area contributed by atoms with Gasteiger partial charge in [-0.1, -0.05) is 11.6 Å². The fraction of sp³-hybridized carbons (Fsp3) is 0.333. The van der Waals surface area contributed by atoms with E-state index in [2.05, 4.69) is 20.6 Å². The van der Waals surface area contributed by atoms with Crippen molar-refractivity contribution in [2.45, 2.75) is 38.2 Å². The highest BCUT2D eigenvalue weighted by atomic mass is 35.5. The minimum atomic E-state index is -5.02. The highest BCUT2D eigenvalue weighted by molar-refractivity contribution is 7.15. The molecule has 206 valence electrons. The van der Waals surface area contributed by atoms with Crippen LogP contribution in [0, 0.1) is 0 Å². The molecule has 0 unspecified atom stereocenters. The topological polar surface area (TPSA) is 87.2 Å². The van der Waals surface area contributed by atoms with Crippen LogP contribution in [0.3, 0.4) is 0 Å². The molecular formula is C24H18ClF6N5O2S. The second-order valence-electron chi connectivity index (χ2n) is 8.96. The van der Waals surface area contributed by atoms with Gasteiger partial charge in [0, 0.05) is 30.7 Å². The molecule has 0 spiro atoms. The molecule has 0 radical (unpaired) electrons. The summed E-state index contributed by atoms with van der Waals surface area (Å²) in [6.07, 6.45) is -7.87. The van der Waals surface area contributed by atoms with Crippen LogP contribution in [0.1, 0.15) is 38.3 Å². The number of anilines is 2. The first-order valence-electron chi connectivity index (χ1n) is 11.6. The minimum Gasteiger partial charge on any atom is -0.352 e. The van der Waals surface area contributed by atoms with Gasteiger partial charge in [-0.2, -0.15) is 26.3 Å². The molecule has 0 aliphatic carbocycles. The van der Waals surface area contributed by atoms with Crippen LogP contribution in [0.2, 0.25) is 5.02 Å². The average Bonchev–Trinajstić information content (AvgIpc) is 3.21. The van der Waals surface area contributed by atoms with E-state index in [1.165, 1.54) is 18.2 Å². The molecule has 0 bridgehead atoms. The van der Waals surface area contributed by atoms with Crippen molar-refractivity contribution in [3.05, 3.63) is 56.5 Å². The van der Waals surface area contributed by atoms with Gasteiger partial charge in [-0.25, -0.2) is 9.97 Å². The first-order valence-corrected chi connectivity index (χ1v) is 12.8. The number of amides is 2. The number of nitrogens with one attached hydrogen (secondary N) is 2. The van der Waals surface area contributed by atoms with Crippen molar-refractivity contribution in [2.75, 3.05) is 18.4 Å². The second-order valence-corrected chi connectivity index (χ2v) is 10.5. The Labute approximate surface area is 226 Å². The van der Waals surface area contributed by atoms with E-state index in [4.69, 9.17) is 11.6 Å². The van der Waals surface area contributed by atoms with Gasteiger partial charge in [0.15, 0.2) is 0 Å². The number of benzene rings is 1. The van der Waals surface area contributed by atoms with Gasteiger partial charge in [0.05, 0.1) is 26.8 Å². The summed E-state index contributed by atoms with van der Waals surface area (Å²) in [5.41, 5.74) is -0.0483. The van der Waals surface area contributed by atoms with Crippen LogP contribution >= 0.6 is 22.9 Å². The number of carbonyl (C=O) groups is 2. The second kappa shape index (κ2) is 9.97. The molecule has 7 nitrogen and oxygen atoms in total. The van der Waals surface area contributed by atoms with Crippen LogP contribution in [0.25, 0.3) is 10.6 Å². The van der Waals surface area contributed by atoms with Gasteiger partial charge in [-0.05, 0) is 48.6 Å². The number of halogens is 7. The van der Waals surface area contributed by atoms with Crippen LogP contribution in [0.15, 0.2) is 24.4 Å². The number of aryl methyl sites for hydroxylation is 1. The van der Waals surface area contributed by atoms with Gasteiger partial charge < -0.3 is 15.5 Å². The molecule has 1 aromatic carbocycles. The fourth-order valence-corrected chi connectivity index (χ4v) is 5.89. The van der Waals surface area contributed by atoms with Crippen molar-refractivity contribution >= 4 is 46.4 Å². The highest BCUT2D eigenvalue weighted by Crippen LogP contribution is 2.41. The van der Waals surface area contributed by atoms with Gasteiger partial charge in [-0.15, -0.1) is 11.3 Å². The van der Waals surface area contributed by atoms with E-state index in [0.717, 1.165) is 11.3 Å². The van der Waals surface area contributed by atoms with Gasteiger partial charge in [0.2, 0.25) is 5.95 Å². The maximum absolute atomic E-state index is 13.8. The molecule has 0 saturated heterocycles. The van der Waals surface area contributed by atoms with Crippen LogP contribution in [-0.2, 0) is 30.4 Å². The Bertz CT molecular complexity index is 1470. The Hall–Kier alpha value is -3.39. The molecule has 2 aliphatic rings. The van der Waals surface area contributed by atoms with E-state index in [0.29, 0.717) is 52.1 Å². The van der Waals surface area contributed by atoms with E-state index in [-0.39, 0.29) is 47.0 Å². The molecule has 4 heterocycles. The molecule has 15 heteroatoms. The van der Waals surface area contributed by atoms with Crippen molar-refractivity contribution in [3.63, 3.8) is 0 Å². The number of thiophene rings is 1. The normalized spacial score (nSPS) is 15.8. The summed E-state index contributed by atoms with van der Waals surface area (Å²) in [7, 11) is 0. The summed E-state index contributed by atoms with van der Waals surface area (Å²) in [5.74, 6) is -2.58. The average molecular weight is 590 g/mol. The van der Waals surface area contributed by atoms with Crippen LogP contribution < -0.4 is 10.6 Å². The van der Waals surface area contributed by atoms with Crippen molar-refractivity contribution in [1.29, 1.82) is 0 Å². The quantitative estimate of drug-likeness (QED) is 0.380. The molecule has 5 rings (SSSR count). The van der Waals surface area contributed by atoms with E-state index < -0.39 is 29.5 Å². The van der Waals surface area contributed by atoms with Gasteiger partial charge >= 0.3 is 18.3 Å². The molecule has 2 amide bonds. The summed E-state index contributed by atoms with van der Waals surface area (Å²) in [6.45, 7) is 0.0126. The summed E-state index contributed by atoms with van der Waals surface area (Å²) in [5, 5.41) is 5.59. The largest absolute Gasteiger partial charge is 0.471 e. The smallest absolute Gasteiger partial charge is 0.352 e. The number of alkyl halides is 6. The standard InChI is InChI=1S/C24H18ClF6N5O2S/c25-15-6-11-3-5-36(21(38)24(29,30)31)10-12(11)7-16(15)34-22-33-9-14(23(26,27)28)19(35-22)18-8-13-17(39-18)2-1-4-32-20(13)37/h6-9H,1-5,10H2,(H,32,37)(H,33,34,35). The predicted octanol–water partition coefficient (Wildman–Crippen LogP) is 5.74. The van der Waals surface area contributed by atoms with E-state index >= 15 is 0 Å². The number of aromatic nitrogens is 2. The SMILES string of the molecule is O=C1NCCCc2sc(-c3nc(Nc4cc5c(cc4Cl)CCN(C(=O)C(F)(F)F)C5)ncc3C(F)(F)F)cc21.